The van der Waals surface area contributed by atoms with Crippen molar-refractivity contribution in [2.24, 2.45) is 5.92 Å². The fourth-order valence-corrected chi connectivity index (χ4v) is 5.05. The van der Waals surface area contributed by atoms with Crippen LogP contribution < -0.4 is 4.74 Å². The highest BCUT2D eigenvalue weighted by atomic mass is 16.7. The quantitative estimate of drug-likeness (QED) is 0.560. The van der Waals surface area contributed by atoms with Crippen LogP contribution in [-0.2, 0) is 15.9 Å². The highest BCUT2D eigenvalue weighted by Gasteiger charge is 2.43. The van der Waals surface area contributed by atoms with Crippen molar-refractivity contribution in [1.82, 2.24) is 4.90 Å². The lowest BCUT2D eigenvalue weighted by atomic mass is 9.81. The summed E-state index contributed by atoms with van der Waals surface area (Å²) in [5, 5.41) is 0. The van der Waals surface area contributed by atoms with Crippen LogP contribution in [0, 0.1) is 5.92 Å². The average Bonchev–Trinajstić information content (AvgIpc) is 3.22. The number of rotatable bonds is 10. The van der Waals surface area contributed by atoms with Crippen molar-refractivity contribution >= 4 is 0 Å². The molecule has 0 N–H and O–H groups in total. The maximum absolute atomic E-state index is 6.22. The van der Waals surface area contributed by atoms with Gasteiger partial charge in [-0.3, -0.25) is 0 Å². The Morgan fingerprint density at radius 2 is 1.79 bits per heavy atom. The summed E-state index contributed by atoms with van der Waals surface area (Å²) in [5.41, 5.74) is 1.37. The van der Waals surface area contributed by atoms with Crippen molar-refractivity contribution in [1.29, 1.82) is 0 Å². The number of nitrogens with zero attached hydrogens (tertiary/aromatic N) is 1. The summed E-state index contributed by atoms with van der Waals surface area (Å²) in [6.07, 6.45) is 9.81. The first-order valence-corrected chi connectivity index (χ1v) is 11.3. The van der Waals surface area contributed by atoms with E-state index in [4.69, 9.17) is 14.2 Å². The van der Waals surface area contributed by atoms with Gasteiger partial charge in [0.1, 0.15) is 5.75 Å². The number of hydrogen-bond donors (Lipinski definition) is 0. The summed E-state index contributed by atoms with van der Waals surface area (Å²) in [5.74, 6) is 1.22. The Morgan fingerprint density at radius 3 is 2.39 bits per heavy atom. The molecule has 1 unspecified atom stereocenters. The summed E-state index contributed by atoms with van der Waals surface area (Å²) >= 11 is 0. The van der Waals surface area contributed by atoms with Crippen molar-refractivity contribution < 1.29 is 14.2 Å². The summed E-state index contributed by atoms with van der Waals surface area (Å²) in [6, 6.07) is 9.00. The lowest BCUT2D eigenvalue weighted by Gasteiger charge is -2.38. The molecule has 1 heterocycles. The zero-order chi connectivity index (χ0) is 19.8. The maximum atomic E-state index is 6.22. The molecule has 28 heavy (non-hydrogen) atoms. The Labute approximate surface area is 171 Å². The smallest absolute Gasteiger partial charge is 0.171 e. The van der Waals surface area contributed by atoms with Gasteiger partial charge in [-0.15, -0.1) is 0 Å². The Morgan fingerprint density at radius 1 is 1.11 bits per heavy atom. The third-order valence-corrected chi connectivity index (χ3v) is 6.69. The third-order valence-electron chi connectivity index (χ3n) is 6.69. The first-order chi connectivity index (χ1) is 13.7. The van der Waals surface area contributed by atoms with Crippen LogP contribution in [0.1, 0.15) is 64.4 Å². The average molecular weight is 390 g/mol. The molecule has 3 rings (SSSR count). The number of methoxy groups -OCH3 is 1. The van der Waals surface area contributed by atoms with Crippen molar-refractivity contribution in [2.45, 2.75) is 77.0 Å². The molecule has 2 aliphatic rings. The second-order valence-electron chi connectivity index (χ2n) is 8.48. The highest BCUT2D eigenvalue weighted by molar-refractivity contribution is 5.27. The minimum atomic E-state index is -0.293. The fraction of sp³-hybridized carbons (Fsp3) is 0.750. The molecule has 1 saturated carbocycles. The zero-order valence-corrected chi connectivity index (χ0v) is 18.1. The van der Waals surface area contributed by atoms with Crippen LogP contribution in [0.3, 0.4) is 0 Å². The SMILES string of the molecule is CCN(CCCC1(C2CCCCC2)OCCO1)C(C)Cc1ccc(OC)cc1. The molecular weight excluding hydrogens is 350 g/mol. The van der Waals surface area contributed by atoms with Gasteiger partial charge in [-0.1, -0.05) is 38.3 Å². The first-order valence-electron chi connectivity index (χ1n) is 11.3. The van der Waals surface area contributed by atoms with Crippen LogP contribution >= 0.6 is 0 Å². The minimum absolute atomic E-state index is 0.293. The molecule has 0 amide bonds. The number of likely N-dealkylation sites (N-methyl/N-ethyl adjacent to an activating group) is 1. The van der Waals surface area contributed by atoms with Gasteiger partial charge in [-0.25, -0.2) is 0 Å². The minimum Gasteiger partial charge on any atom is -0.497 e. The van der Waals surface area contributed by atoms with Crippen LogP contribution in [0.25, 0.3) is 0 Å². The molecule has 2 fully saturated rings. The van der Waals surface area contributed by atoms with E-state index in [-0.39, 0.29) is 5.79 Å². The van der Waals surface area contributed by atoms with E-state index >= 15 is 0 Å². The van der Waals surface area contributed by atoms with E-state index in [1.807, 2.05) is 0 Å². The van der Waals surface area contributed by atoms with Gasteiger partial charge in [-0.05, 0) is 63.4 Å². The summed E-state index contributed by atoms with van der Waals surface area (Å²) in [4.78, 5) is 2.59. The lowest BCUT2D eigenvalue weighted by Crippen LogP contribution is -2.42. The van der Waals surface area contributed by atoms with Crippen molar-refractivity contribution in [3.8, 4) is 5.75 Å². The Balaban J connectivity index is 1.50. The molecule has 1 saturated heterocycles. The van der Waals surface area contributed by atoms with Gasteiger partial charge in [0.25, 0.3) is 0 Å². The summed E-state index contributed by atoms with van der Waals surface area (Å²) in [7, 11) is 1.72. The van der Waals surface area contributed by atoms with E-state index in [2.05, 4.69) is 43.0 Å². The monoisotopic (exact) mass is 389 g/mol. The summed E-state index contributed by atoms with van der Waals surface area (Å²) < 4.78 is 17.7. The van der Waals surface area contributed by atoms with Gasteiger partial charge in [0.15, 0.2) is 5.79 Å². The normalized spacial score (nSPS) is 21.1. The summed E-state index contributed by atoms with van der Waals surface area (Å²) in [6.45, 7) is 8.32. The molecule has 0 aromatic heterocycles. The van der Waals surface area contributed by atoms with Gasteiger partial charge >= 0.3 is 0 Å². The van der Waals surface area contributed by atoms with Gasteiger partial charge in [0, 0.05) is 18.4 Å². The number of benzene rings is 1. The van der Waals surface area contributed by atoms with Crippen LogP contribution in [-0.4, -0.2) is 50.1 Å². The van der Waals surface area contributed by atoms with Gasteiger partial charge in [-0.2, -0.15) is 0 Å². The molecule has 0 bridgehead atoms. The Hall–Kier alpha value is -1.10. The van der Waals surface area contributed by atoms with E-state index < -0.39 is 0 Å². The fourth-order valence-electron chi connectivity index (χ4n) is 5.05. The van der Waals surface area contributed by atoms with E-state index in [0.29, 0.717) is 12.0 Å². The van der Waals surface area contributed by atoms with Gasteiger partial charge in [0.05, 0.1) is 20.3 Å². The van der Waals surface area contributed by atoms with E-state index in [9.17, 15) is 0 Å². The van der Waals surface area contributed by atoms with Crippen LogP contribution in [0.2, 0.25) is 0 Å². The zero-order valence-electron chi connectivity index (χ0n) is 18.1. The molecule has 1 aliphatic carbocycles. The van der Waals surface area contributed by atoms with E-state index in [0.717, 1.165) is 51.3 Å². The Bertz CT molecular complexity index is 562. The van der Waals surface area contributed by atoms with Crippen molar-refractivity contribution in [3.05, 3.63) is 29.8 Å². The molecule has 1 atom stereocenters. The number of hydrogen-bond acceptors (Lipinski definition) is 4. The second-order valence-corrected chi connectivity index (χ2v) is 8.48. The predicted molar refractivity (Wildman–Crippen MR) is 114 cm³/mol. The topological polar surface area (TPSA) is 30.9 Å². The molecule has 0 radical (unpaired) electrons. The standard InChI is InChI=1S/C24H39NO3/c1-4-25(20(2)19-21-11-13-23(26-3)14-12-21)16-8-15-24(27-17-18-28-24)22-9-6-5-7-10-22/h11-14,20,22H,4-10,15-19H2,1-3H3. The second kappa shape index (κ2) is 10.6. The first kappa shape index (κ1) is 21.6. The van der Waals surface area contributed by atoms with Crippen molar-refractivity contribution in [3.63, 3.8) is 0 Å². The molecule has 1 aromatic rings. The van der Waals surface area contributed by atoms with Crippen LogP contribution in [0.5, 0.6) is 5.75 Å². The Kier molecular flexibility index (Phi) is 8.19. The molecule has 4 nitrogen and oxygen atoms in total. The van der Waals surface area contributed by atoms with E-state index in [1.165, 1.54) is 37.7 Å². The maximum Gasteiger partial charge on any atom is 0.171 e. The molecule has 1 aliphatic heterocycles. The van der Waals surface area contributed by atoms with E-state index in [1.54, 1.807) is 7.11 Å². The van der Waals surface area contributed by atoms with Gasteiger partial charge < -0.3 is 19.1 Å². The third kappa shape index (κ3) is 5.49. The highest BCUT2D eigenvalue weighted by Crippen LogP contribution is 2.41. The molecule has 0 spiro atoms. The lowest BCUT2D eigenvalue weighted by molar-refractivity contribution is -0.207. The number of ether oxygens (including phenoxy) is 3. The van der Waals surface area contributed by atoms with Crippen LogP contribution in [0.4, 0.5) is 0 Å². The van der Waals surface area contributed by atoms with Crippen molar-refractivity contribution in [2.75, 3.05) is 33.4 Å². The molecule has 1 aromatic carbocycles. The predicted octanol–water partition coefficient (Wildman–Crippen LogP) is 5.05. The molecule has 4 heteroatoms. The molecular formula is C24H39NO3. The largest absolute Gasteiger partial charge is 0.497 e. The molecule has 158 valence electrons. The van der Waals surface area contributed by atoms with Crippen LogP contribution in [0.15, 0.2) is 24.3 Å². The van der Waals surface area contributed by atoms with Gasteiger partial charge in [0.2, 0.25) is 0 Å².